The number of hydrogen-bond donors (Lipinski definition) is 1. The first-order chi connectivity index (χ1) is 10.1. The van der Waals surface area contributed by atoms with E-state index in [1.54, 1.807) is 30.7 Å². The summed E-state index contributed by atoms with van der Waals surface area (Å²) in [5.41, 5.74) is 1.98. The first-order valence-electron chi connectivity index (χ1n) is 6.51. The number of likely N-dealkylation sites (N-methyl/N-ethyl adjacent to an activating group) is 1. The van der Waals surface area contributed by atoms with Crippen LogP contribution in [0.25, 0.3) is 0 Å². The molecule has 0 amide bonds. The van der Waals surface area contributed by atoms with Gasteiger partial charge in [0.2, 0.25) is 0 Å². The molecule has 1 N–H and O–H groups in total. The van der Waals surface area contributed by atoms with Crippen LogP contribution in [0.3, 0.4) is 0 Å². The zero-order chi connectivity index (χ0) is 15.2. The van der Waals surface area contributed by atoms with Crippen LogP contribution in [-0.4, -0.2) is 39.5 Å². The number of aromatic carboxylic acids is 1. The molecule has 1 aromatic carbocycles. The third-order valence-corrected chi connectivity index (χ3v) is 3.47. The minimum atomic E-state index is -0.949. The van der Waals surface area contributed by atoms with Gasteiger partial charge >= 0.3 is 5.97 Å². The lowest BCUT2D eigenvalue weighted by Gasteiger charge is -2.17. The Morgan fingerprint density at radius 1 is 1.38 bits per heavy atom. The standard InChI is InChI=1S/C15H16ClN3O2/c1-19(7-4-13-9-17-5-6-18-13)10-12-8-11(15(20)21)2-3-14(12)16/h2-3,5-6,8-9H,4,7,10H2,1H3,(H,20,21). The Labute approximate surface area is 128 Å². The van der Waals surface area contributed by atoms with Crippen molar-refractivity contribution in [3.05, 3.63) is 58.6 Å². The highest BCUT2D eigenvalue weighted by Crippen LogP contribution is 2.19. The van der Waals surface area contributed by atoms with Crippen molar-refractivity contribution in [3.8, 4) is 0 Å². The normalized spacial score (nSPS) is 10.8. The summed E-state index contributed by atoms with van der Waals surface area (Å²) in [6, 6.07) is 4.74. The molecule has 0 spiro atoms. The van der Waals surface area contributed by atoms with Crippen LogP contribution in [0.1, 0.15) is 21.6 Å². The Hall–Kier alpha value is -1.98. The molecule has 110 valence electrons. The fraction of sp³-hybridized carbons (Fsp3) is 0.267. The molecule has 0 aliphatic rings. The van der Waals surface area contributed by atoms with Gasteiger partial charge < -0.3 is 10.0 Å². The number of carboxylic acid groups (broad SMARTS) is 1. The third kappa shape index (κ3) is 4.51. The van der Waals surface area contributed by atoms with E-state index < -0.39 is 5.97 Å². The quantitative estimate of drug-likeness (QED) is 0.888. The summed E-state index contributed by atoms with van der Waals surface area (Å²) in [7, 11) is 1.96. The lowest BCUT2D eigenvalue weighted by atomic mass is 10.1. The first-order valence-corrected chi connectivity index (χ1v) is 6.89. The van der Waals surface area contributed by atoms with Crippen molar-refractivity contribution in [1.82, 2.24) is 14.9 Å². The number of benzene rings is 1. The molecular formula is C15H16ClN3O2. The molecule has 2 aromatic rings. The summed E-state index contributed by atoms with van der Waals surface area (Å²) in [6.45, 7) is 1.37. The predicted molar refractivity (Wildman–Crippen MR) is 80.5 cm³/mol. The minimum Gasteiger partial charge on any atom is -0.478 e. The number of aromatic nitrogens is 2. The summed E-state index contributed by atoms with van der Waals surface area (Å²) in [5.74, 6) is -0.949. The van der Waals surface area contributed by atoms with Crippen molar-refractivity contribution >= 4 is 17.6 Å². The molecule has 0 unspecified atom stereocenters. The van der Waals surface area contributed by atoms with Crippen molar-refractivity contribution in [2.24, 2.45) is 0 Å². The van der Waals surface area contributed by atoms with Gasteiger partial charge in [0.05, 0.1) is 11.3 Å². The Morgan fingerprint density at radius 2 is 2.19 bits per heavy atom. The average Bonchev–Trinajstić information content (AvgIpc) is 2.48. The van der Waals surface area contributed by atoms with E-state index in [9.17, 15) is 4.79 Å². The molecule has 0 atom stereocenters. The summed E-state index contributed by atoms with van der Waals surface area (Å²) in [6.07, 6.45) is 5.83. The highest BCUT2D eigenvalue weighted by Gasteiger charge is 2.09. The molecule has 0 radical (unpaired) electrons. The van der Waals surface area contributed by atoms with E-state index in [1.807, 2.05) is 7.05 Å². The van der Waals surface area contributed by atoms with Crippen LogP contribution in [0.4, 0.5) is 0 Å². The number of nitrogens with zero attached hydrogens (tertiary/aromatic N) is 3. The Bertz CT molecular complexity index is 620. The number of halogens is 1. The second-order valence-electron chi connectivity index (χ2n) is 4.80. The molecule has 0 fully saturated rings. The maximum Gasteiger partial charge on any atom is 0.335 e. The van der Waals surface area contributed by atoms with Crippen LogP contribution in [-0.2, 0) is 13.0 Å². The molecular weight excluding hydrogens is 290 g/mol. The van der Waals surface area contributed by atoms with Gasteiger partial charge in [0, 0.05) is 43.1 Å². The zero-order valence-corrected chi connectivity index (χ0v) is 12.4. The number of carbonyl (C=O) groups is 1. The summed E-state index contributed by atoms with van der Waals surface area (Å²) >= 11 is 6.12. The van der Waals surface area contributed by atoms with E-state index in [2.05, 4.69) is 14.9 Å². The smallest absolute Gasteiger partial charge is 0.335 e. The second kappa shape index (κ2) is 7.15. The van der Waals surface area contributed by atoms with Crippen molar-refractivity contribution in [1.29, 1.82) is 0 Å². The van der Waals surface area contributed by atoms with E-state index in [0.717, 1.165) is 24.2 Å². The third-order valence-electron chi connectivity index (χ3n) is 3.10. The molecule has 0 saturated heterocycles. The highest BCUT2D eigenvalue weighted by atomic mass is 35.5. The molecule has 21 heavy (non-hydrogen) atoms. The molecule has 0 aliphatic carbocycles. The van der Waals surface area contributed by atoms with Gasteiger partial charge in [-0.15, -0.1) is 0 Å². The van der Waals surface area contributed by atoms with Gasteiger partial charge in [-0.25, -0.2) is 4.79 Å². The van der Waals surface area contributed by atoms with Gasteiger partial charge in [-0.05, 0) is 30.8 Å². The first kappa shape index (κ1) is 15.4. The fourth-order valence-electron chi connectivity index (χ4n) is 1.96. The van der Waals surface area contributed by atoms with Crippen molar-refractivity contribution in [2.75, 3.05) is 13.6 Å². The molecule has 1 heterocycles. The number of carboxylic acids is 1. The molecule has 0 aliphatic heterocycles. The van der Waals surface area contributed by atoms with Gasteiger partial charge in [0.15, 0.2) is 0 Å². The SMILES string of the molecule is CN(CCc1cnccn1)Cc1cc(C(=O)O)ccc1Cl. The summed E-state index contributed by atoms with van der Waals surface area (Å²) in [5, 5.41) is 9.59. The molecule has 0 bridgehead atoms. The van der Waals surface area contributed by atoms with Crippen LogP contribution < -0.4 is 0 Å². The predicted octanol–water partition coefficient (Wildman–Crippen LogP) is 2.50. The second-order valence-corrected chi connectivity index (χ2v) is 5.20. The van der Waals surface area contributed by atoms with E-state index in [0.29, 0.717) is 11.6 Å². The average molecular weight is 306 g/mol. The van der Waals surface area contributed by atoms with Crippen LogP contribution in [0.5, 0.6) is 0 Å². The van der Waals surface area contributed by atoms with Gasteiger partial charge in [-0.2, -0.15) is 0 Å². The zero-order valence-electron chi connectivity index (χ0n) is 11.7. The van der Waals surface area contributed by atoms with Gasteiger partial charge in [-0.3, -0.25) is 9.97 Å². The molecule has 1 aromatic heterocycles. The van der Waals surface area contributed by atoms with Crippen LogP contribution in [0.2, 0.25) is 5.02 Å². The Balaban J connectivity index is 1.97. The van der Waals surface area contributed by atoms with Crippen molar-refractivity contribution in [3.63, 3.8) is 0 Å². The molecule has 2 rings (SSSR count). The Morgan fingerprint density at radius 3 is 2.86 bits per heavy atom. The van der Waals surface area contributed by atoms with E-state index >= 15 is 0 Å². The van der Waals surface area contributed by atoms with E-state index in [1.165, 1.54) is 6.07 Å². The maximum atomic E-state index is 11.0. The van der Waals surface area contributed by atoms with E-state index in [-0.39, 0.29) is 5.56 Å². The minimum absolute atomic E-state index is 0.247. The van der Waals surface area contributed by atoms with Crippen molar-refractivity contribution < 1.29 is 9.90 Å². The monoisotopic (exact) mass is 305 g/mol. The largest absolute Gasteiger partial charge is 0.478 e. The topological polar surface area (TPSA) is 66.3 Å². The van der Waals surface area contributed by atoms with Gasteiger partial charge in [0.25, 0.3) is 0 Å². The van der Waals surface area contributed by atoms with E-state index in [4.69, 9.17) is 16.7 Å². The highest BCUT2D eigenvalue weighted by molar-refractivity contribution is 6.31. The van der Waals surface area contributed by atoms with Crippen LogP contribution >= 0.6 is 11.6 Å². The van der Waals surface area contributed by atoms with Crippen molar-refractivity contribution in [2.45, 2.75) is 13.0 Å². The molecule has 6 heteroatoms. The van der Waals surface area contributed by atoms with Gasteiger partial charge in [0.1, 0.15) is 0 Å². The summed E-state index contributed by atoms with van der Waals surface area (Å²) < 4.78 is 0. The van der Waals surface area contributed by atoms with Crippen LogP contribution in [0, 0.1) is 0 Å². The molecule has 5 nitrogen and oxygen atoms in total. The Kier molecular flexibility index (Phi) is 5.25. The lowest BCUT2D eigenvalue weighted by Crippen LogP contribution is -2.21. The molecule has 0 saturated carbocycles. The number of rotatable bonds is 6. The lowest BCUT2D eigenvalue weighted by molar-refractivity contribution is 0.0696. The summed E-state index contributed by atoms with van der Waals surface area (Å²) in [4.78, 5) is 21.3. The number of hydrogen-bond acceptors (Lipinski definition) is 4. The van der Waals surface area contributed by atoms with Crippen LogP contribution in [0.15, 0.2) is 36.8 Å². The maximum absolute atomic E-state index is 11.0. The fourth-order valence-corrected chi connectivity index (χ4v) is 2.14. The van der Waals surface area contributed by atoms with Gasteiger partial charge in [-0.1, -0.05) is 11.6 Å².